The molecule has 0 radical (unpaired) electrons. The molecule has 1 N–H and O–H groups in total. The largest absolute Gasteiger partial charge is 0.396 e. The molecule has 2 aliphatic rings. The van der Waals surface area contributed by atoms with Gasteiger partial charge in [-0.3, -0.25) is 4.79 Å². The molecule has 0 bridgehead atoms. The fraction of sp³-hybridized carbons (Fsp3) is 0.556. The Kier molecular flexibility index (Phi) is 3.13. The fourth-order valence-corrected chi connectivity index (χ4v) is 5.72. The van der Waals surface area contributed by atoms with Crippen molar-refractivity contribution in [3.05, 3.63) is 28.8 Å². The summed E-state index contributed by atoms with van der Waals surface area (Å²) in [6, 6.07) is 5.77. The third kappa shape index (κ3) is 2.13. The minimum atomic E-state index is -0.0790. The number of carbonyl (C=O) groups is 1. The topological polar surface area (TPSA) is 53.4 Å². The first-order chi connectivity index (χ1) is 10.8. The molecule has 1 aliphatic carbocycles. The Labute approximate surface area is 140 Å². The van der Waals surface area contributed by atoms with Gasteiger partial charge in [0.2, 0.25) is 0 Å². The van der Waals surface area contributed by atoms with Gasteiger partial charge in [-0.25, -0.2) is 4.98 Å². The Balaban J connectivity index is 1.61. The van der Waals surface area contributed by atoms with E-state index in [1.807, 2.05) is 30.0 Å². The molecule has 4 nitrogen and oxygen atoms in total. The summed E-state index contributed by atoms with van der Waals surface area (Å²) in [7, 11) is 0. The van der Waals surface area contributed by atoms with Crippen LogP contribution in [0, 0.1) is 23.7 Å². The standard InChI is InChI=1S/C18H22N2O2S/c1-11-19-13-5-4-12(6-14(13)23-11)16(22)20-7-15-17(2,3)8-18(15,9-20)10-21/h4-6,15,21H,7-10H2,1-3H3/t15-,18-/m1/s1. The monoisotopic (exact) mass is 330 g/mol. The van der Waals surface area contributed by atoms with Crippen molar-refractivity contribution in [2.75, 3.05) is 19.7 Å². The second-order valence-electron chi connectivity index (χ2n) is 7.84. The Morgan fingerprint density at radius 3 is 2.91 bits per heavy atom. The van der Waals surface area contributed by atoms with E-state index in [0.29, 0.717) is 12.5 Å². The van der Waals surface area contributed by atoms with Gasteiger partial charge in [0.15, 0.2) is 0 Å². The molecule has 122 valence electrons. The summed E-state index contributed by atoms with van der Waals surface area (Å²) in [5.74, 6) is 0.481. The molecule has 2 heterocycles. The molecule has 5 heteroatoms. The van der Waals surface area contributed by atoms with Crippen LogP contribution in [0.5, 0.6) is 0 Å². The number of aromatic nitrogens is 1. The van der Waals surface area contributed by atoms with Crippen LogP contribution in [0.25, 0.3) is 10.2 Å². The average Bonchev–Trinajstić information content (AvgIpc) is 3.03. The van der Waals surface area contributed by atoms with Gasteiger partial charge in [0.1, 0.15) is 0 Å². The molecule has 2 fully saturated rings. The van der Waals surface area contributed by atoms with Gasteiger partial charge in [0.05, 0.1) is 21.8 Å². The highest BCUT2D eigenvalue weighted by molar-refractivity contribution is 7.18. The predicted molar refractivity (Wildman–Crippen MR) is 91.7 cm³/mol. The van der Waals surface area contributed by atoms with E-state index in [1.165, 1.54) is 0 Å². The lowest BCUT2D eigenvalue weighted by Crippen LogP contribution is -2.54. The molecule has 0 spiro atoms. The molecule has 4 rings (SSSR count). The Morgan fingerprint density at radius 1 is 1.48 bits per heavy atom. The zero-order chi connectivity index (χ0) is 16.4. The van der Waals surface area contributed by atoms with Gasteiger partial charge < -0.3 is 10.0 Å². The summed E-state index contributed by atoms with van der Waals surface area (Å²) < 4.78 is 1.06. The number of fused-ring (bicyclic) bond motifs is 2. The van der Waals surface area contributed by atoms with Gasteiger partial charge in [-0.2, -0.15) is 0 Å². The van der Waals surface area contributed by atoms with Gasteiger partial charge in [0.25, 0.3) is 5.91 Å². The van der Waals surface area contributed by atoms with Crippen molar-refractivity contribution in [2.45, 2.75) is 27.2 Å². The van der Waals surface area contributed by atoms with Gasteiger partial charge in [-0.15, -0.1) is 11.3 Å². The zero-order valence-electron chi connectivity index (χ0n) is 13.8. The SMILES string of the molecule is Cc1nc2ccc(C(=O)N3C[C@@H]4C(C)(C)C[C@]4(CO)C3)cc2s1. The molecule has 23 heavy (non-hydrogen) atoms. The smallest absolute Gasteiger partial charge is 0.253 e. The molecule has 0 unspecified atom stereocenters. The molecule has 1 amide bonds. The van der Waals surface area contributed by atoms with Crippen molar-refractivity contribution >= 4 is 27.5 Å². The number of aryl methyl sites for hydroxylation is 1. The highest BCUT2D eigenvalue weighted by Crippen LogP contribution is 2.62. The third-order valence-corrected chi connectivity index (χ3v) is 6.68. The van der Waals surface area contributed by atoms with Crippen molar-refractivity contribution in [2.24, 2.45) is 16.7 Å². The summed E-state index contributed by atoms with van der Waals surface area (Å²) in [5.41, 5.74) is 1.83. The summed E-state index contributed by atoms with van der Waals surface area (Å²) in [5, 5.41) is 10.9. The number of aliphatic hydroxyl groups excluding tert-OH is 1. The normalized spacial score (nSPS) is 28.7. The number of likely N-dealkylation sites (tertiary alicyclic amines) is 1. The molecule has 2 atom stereocenters. The third-order valence-electron chi connectivity index (χ3n) is 5.74. The Morgan fingerprint density at radius 2 is 2.26 bits per heavy atom. The second-order valence-corrected chi connectivity index (χ2v) is 9.07. The lowest BCUT2D eigenvalue weighted by Gasteiger charge is -2.55. The first-order valence-electron chi connectivity index (χ1n) is 8.12. The minimum absolute atomic E-state index is 0.0790. The lowest BCUT2D eigenvalue weighted by molar-refractivity contribution is -0.0976. The van der Waals surface area contributed by atoms with E-state index in [9.17, 15) is 9.90 Å². The average molecular weight is 330 g/mol. The van der Waals surface area contributed by atoms with Gasteiger partial charge >= 0.3 is 0 Å². The van der Waals surface area contributed by atoms with Crippen LogP contribution in [0.1, 0.15) is 35.6 Å². The number of thiazole rings is 1. The highest BCUT2D eigenvalue weighted by atomic mass is 32.1. The molecule has 2 aromatic rings. The van der Waals surface area contributed by atoms with Crippen LogP contribution in [0.4, 0.5) is 0 Å². The summed E-state index contributed by atoms with van der Waals surface area (Å²) in [4.78, 5) is 19.3. The van der Waals surface area contributed by atoms with Crippen LogP contribution >= 0.6 is 11.3 Å². The number of rotatable bonds is 2. The molecule has 1 aromatic heterocycles. The summed E-state index contributed by atoms with van der Waals surface area (Å²) in [6.45, 7) is 8.08. The quantitative estimate of drug-likeness (QED) is 0.920. The van der Waals surface area contributed by atoms with E-state index in [0.717, 1.165) is 33.8 Å². The van der Waals surface area contributed by atoms with Gasteiger partial charge in [0, 0.05) is 24.1 Å². The number of carbonyl (C=O) groups excluding carboxylic acids is 1. The number of hydrogen-bond donors (Lipinski definition) is 1. The minimum Gasteiger partial charge on any atom is -0.396 e. The zero-order valence-corrected chi connectivity index (χ0v) is 14.6. The molecule has 1 aromatic carbocycles. The van der Waals surface area contributed by atoms with Gasteiger partial charge in [-0.1, -0.05) is 13.8 Å². The first-order valence-corrected chi connectivity index (χ1v) is 8.94. The maximum atomic E-state index is 12.9. The van der Waals surface area contributed by atoms with Crippen molar-refractivity contribution in [1.29, 1.82) is 0 Å². The van der Waals surface area contributed by atoms with Crippen LogP contribution in [0.3, 0.4) is 0 Å². The number of hydrogen-bond acceptors (Lipinski definition) is 4. The maximum absolute atomic E-state index is 12.9. The van der Waals surface area contributed by atoms with Crippen LogP contribution in [0.2, 0.25) is 0 Å². The van der Waals surface area contributed by atoms with E-state index in [2.05, 4.69) is 18.8 Å². The highest BCUT2D eigenvalue weighted by Gasteiger charge is 2.63. The van der Waals surface area contributed by atoms with Crippen LogP contribution < -0.4 is 0 Å². The van der Waals surface area contributed by atoms with Crippen molar-refractivity contribution < 1.29 is 9.90 Å². The van der Waals surface area contributed by atoms with Crippen LogP contribution in [-0.2, 0) is 0 Å². The van der Waals surface area contributed by atoms with Gasteiger partial charge in [-0.05, 0) is 42.9 Å². The van der Waals surface area contributed by atoms with Crippen LogP contribution in [-0.4, -0.2) is 40.6 Å². The van der Waals surface area contributed by atoms with Crippen molar-refractivity contribution in [3.8, 4) is 0 Å². The van der Waals surface area contributed by atoms with E-state index < -0.39 is 0 Å². The van der Waals surface area contributed by atoms with Crippen molar-refractivity contribution in [1.82, 2.24) is 9.88 Å². The lowest BCUT2D eigenvalue weighted by atomic mass is 9.48. The van der Waals surface area contributed by atoms with E-state index in [-0.39, 0.29) is 23.3 Å². The van der Waals surface area contributed by atoms with E-state index >= 15 is 0 Å². The molecular formula is C18H22N2O2S. The maximum Gasteiger partial charge on any atom is 0.253 e. The number of benzene rings is 1. The molecule has 1 saturated heterocycles. The second kappa shape index (κ2) is 4.77. The summed E-state index contributed by atoms with van der Waals surface area (Å²) >= 11 is 1.62. The Bertz CT molecular complexity index is 797. The molecule has 1 aliphatic heterocycles. The molecule has 1 saturated carbocycles. The number of amides is 1. The number of aliphatic hydroxyl groups is 1. The van der Waals surface area contributed by atoms with Crippen molar-refractivity contribution in [3.63, 3.8) is 0 Å². The van der Waals surface area contributed by atoms with E-state index in [4.69, 9.17) is 0 Å². The van der Waals surface area contributed by atoms with E-state index in [1.54, 1.807) is 11.3 Å². The molecular weight excluding hydrogens is 308 g/mol. The fourth-order valence-electron chi connectivity index (χ4n) is 4.85. The summed E-state index contributed by atoms with van der Waals surface area (Å²) in [6.07, 6.45) is 0.998. The number of nitrogens with zero attached hydrogens (tertiary/aromatic N) is 2. The predicted octanol–water partition coefficient (Wildman–Crippen LogP) is 3.09. The first kappa shape index (κ1) is 15.1. The van der Waals surface area contributed by atoms with Crippen LogP contribution in [0.15, 0.2) is 18.2 Å². The Hall–Kier alpha value is -1.46.